The summed E-state index contributed by atoms with van der Waals surface area (Å²) >= 11 is 0. The first kappa shape index (κ1) is 11.1. The van der Waals surface area contributed by atoms with Crippen LogP contribution < -0.4 is 5.73 Å². The van der Waals surface area contributed by atoms with Crippen molar-refractivity contribution in [2.75, 3.05) is 14.2 Å². The third kappa shape index (κ3) is 2.50. The third-order valence-electron chi connectivity index (χ3n) is 2.04. The topological polar surface area (TPSA) is 75.2 Å². The third-order valence-corrected chi connectivity index (χ3v) is 2.04. The van der Waals surface area contributed by atoms with Gasteiger partial charge in [0.05, 0.1) is 6.04 Å². The number of aryl methyl sites for hydroxylation is 1. The minimum Gasteiger partial charge on any atom is -0.354 e. The highest BCUT2D eigenvalue weighted by Gasteiger charge is 2.18. The minimum atomic E-state index is -0.410. The molecule has 0 saturated heterocycles. The van der Waals surface area contributed by atoms with E-state index in [9.17, 15) is 0 Å². The fraction of sp³-hybridized carbons (Fsp3) is 0.750. The van der Waals surface area contributed by atoms with Gasteiger partial charge in [0.1, 0.15) is 12.2 Å². The molecule has 1 rings (SSSR count). The molecule has 6 nitrogen and oxygen atoms in total. The van der Waals surface area contributed by atoms with Gasteiger partial charge in [-0.05, 0) is 0 Å². The fourth-order valence-electron chi connectivity index (χ4n) is 1.26. The summed E-state index contributed by atoms with van der Waals surface area (Å²) in [4.78, 5) is 4.07. The van der Waals surface area contributed by atoms with E-state index in [2.05, 4.69) is 10.1 Å². The molecule has 14 heavy (non-hydrogen) atoms. The number of nitrogens with zero attached hydrogens (tertiary/aromatic N) is 3. The van der Waals surface area contributed by atoms with Crippen molar-refractivity contribution < 1.29 is 9.47 Å². The highest BCUT2D eigenvalue weighted by molar-refractivity contribution is 4.88. The second-order valence-corrected chi connectivity index (χ2v) is 3.01. The van der Waals surface area contributed by atoms with Crippen LogP contribution in [0.1, 0.15) is 5.82 Å². The molecule has 0 aliphatic heterocycles. The van der Waals surface area contributed by atoms with Crippen molar-refractivity contribution in [2.45, 2.75) is 18.8 Å². The minimum absolute atomic E-state index is 0.243. The molecule has 2 N–H and O–H groups in total. The molecule has 0 spiro atoms. The Hall–Kier alpha value is -0.980. The molecule has 1 aromatic heterocycles. The van der Waals surface area contributed by atoms with E-state index in [1.165, 1.54) is 6.33 Å². The quantitative estimate of drug-likeness (QED) is 0.636. The molecule has 80 valence electrons. The van der Waals surface area contributed by atoms with Crippen molar-refractivity contribution in [1.82, 2.24) is 14.8 Å². The van der Waals surface area contributed by atoms with Gasteiger partial charge in [-0.15, -0.1) is 0 Å². The van der Waals surface area contributed by atoms with E-state index in [4.69, 9.17) is 15.2 Å². The Labute approximate surface area is 83.0 Å². The summed E-state index contributed by atoms with van der Waals surface area (Å²) in [6.07, 6.45) is 1.66. The van der Waals surface area contributed by atoms with Crippen LogP contribution in [0.3, 0.4) is 0 Å². The maximum Gasteiger partial charge on any atom is 0.172 e. The summed E-state index contributed by atoms with van der Waals surface area (Å²) in [6.45, 7) is 0. The number of hydrogen-bond donors (Lipinski definition) is 1. The molecule has 1 aromatic rings. The smallest absolute Gasteiger partial charge is 0.172 e. The van der Waals surface area contributed by atoms with Crippen molar-refractivity contribution in [1.29, 1.82) is 0 Å². The first-order valence-corrected chi connectivity index (χ1v) is 4.33. The Morgan fingerprint density at radius 2 is 2.14 bits per heavy atom. The average molecular weight is 200 g/mol. The number of ether oxygens (including phenoxy) is 2. The molecule has 0 fully saturated rings. The Kier molecular flexibility index (Phi) is 3.99. The summed E-state index contributed by atoms with van der Waals surface area (Å²) in [7, 11) is 4.94. The van der Waals surface area contributed by atoms with Crippen LogP contribution in [-0.2, 0) is 22.9 Å². The summed E-state index contributed by atoms with van der Waals surface area (Å²) in [5.74, 6) is 0.816. The number of methoxy groups -OCH3 is 2. The van der Waals surface area contributed by atoms with E-state index in [-0.39, 0.29) is 6.04 Å². The van der Waals surface area contributed by atoms with E-state index >= 15 is 0 Å². The molecular formula is C8H16N4O2. The molecule has 0 saturated carbocycles. The van der Waals surface area contributed by atoms with Crippen molar-refractivity contribution in [2.24, 2.45) is 12.8 Å². The maximum atomic E-state index is 5.87. The lowest BCUT2D eigenvalue weighted by molar-refractivity contribution is -0.116. The molecule has 1 heterocycles. The Morgan fingerprint density at radius 3 is 2.57 bits per heavy atom. The van der Waals surface area contributed by atoms with Gasteiger partial charge >= 0.3 is 0 Å². The number of aromatic nitrogens is 3. The van der Waals surface area contributed by atoms with Gasteiger partial charge in [-0.3, -0.25) is 4.68 Å². The van der Waals surface area contributed by atoms with Crippen LogP contribution in [0.15, 0.2) is 6.33 Å². The zero-order chi connectivity index (χ0) is 10.6. The van der Waals surface area contributed by atoms with Gasteiger partial charge in [0.15, 0.2) is 6.29 Å². The molecule has 1 atom stereocenters. The van der Waals surface area contributed by atoms with Crippen LogP contribution in [0, 0.1) is 0 Å². The lowest BCUT2D eigenvalue weighted by atomic mass is 10.2. The van der Waals surface area contributed by atoms with Crippen LogP contribution in [-0.4, -0.2) is 41.3 Å². The summed E-state index contributed by atoms with van der Waals surface area (Å²) in [5.41, 5.74) is 5.87. The standard InChI is InChI=1S/C8H16N4O2/c1-12-7(10-5-11-12)4-6(9)8(13-2)14-3/h5-6,8H,4,9H2,1-3H3. The summed E-state index contributed by atoms with van der Waals surface area (Å²) in [5, 5.41) is 3.95. The van der Waals surface area contributed by atoms with Gasteiger partial charge in [0, 0.05) is 27.7 Å². The Bertz CT molecular complexity index is 272. The molecule has 0 aliphatic rings. The van der Waals surface area contributed by atoms with Gasteiger partial charge in [0.25, 0.3) is 0 Å². The van der Waals surface area contributed by atoms with E-state index in [0.717, 1.165) is 5.82 Å². The SMILES string of the molecule is COC(OC)C(N)Cc1ncnn1C. The van der Waals surface area contributed by atoms with Crippen LogP contribution in [0.2, 0.25) is 0 Å². The van der Waals surface area contributed by atoms with Gasteiger partial charge in [-0.2, -0.15) is 5.10 Å². The van der Waals surface area contributed by atoms with Crippen LogP contribution in [0.5, 0.6) is 0 Å². The second kappa shape index (κ2) is 5.04. The lowest BCUT2D eigenvalue weighted by Gasteiger charge is -2.20. The average Bonchev–Trinajstić information content (AvgIpc) is 2.54. The zero-order valence-electron chi connectivity index (χ0n) is 8.67. The predicted molar refractivity (Wildman–Crippen MR) is 50.5 cm³/mol. The first-order chi connectivity index (χ1) is 6.69. The monoisotopic (exact) mass is 200 g/mol. The van der Waals surface area contributed by atoms with Crippen LogP contribution in [0.4, 0.5) is 0 Å². The molecule has 1 unspecified atom stereocenters. The van der Waals surface area contributed by atoms with Crippen molar-refractivity contribution >= 4 is 0 Å². The van der Waals surface area contributed by atoms with Gasteiger partial charge in [0.2, 0.25) is 0 Å². The van der Waals surface area contributed by atoms with E-state index in [0.29, 0.717) is 6.42 Å². The molecule has 0 amide bonds. The first-order valence-electron chi connectivity index (χ1n) is 4.33. The Morgan fingerprint density at radius 1 is 1.50 bits per heavy atom. The maximum absolute atomic E-state index is 5.87. The largest absolute Gasteiger partial charge is 0.354 e. The number of nitrogens with two attached hydrogens (primary N) is 1. The molecule has 6 heteroatoms. The van der Waals surface area contributed by atoms with Crippen molar-refractivity contribution in [3.8, 4) is 0 Å². The van der Waals surface area contributed by atoms with E-state index in [1.807, 2.05) is 7.05 Å². The van der Waals surface area contributed by atoms with E-state index in [1.54, 1.807) is 18.9 Å². The molecule has 0 aromatic carbocycles. The predicted octanol–water partition coefficient (Wildman–Crippen LogP) is -0.696. The van der Waals surface area contributed by atoms with Gasteiger partial charge in [-0.25, -0.2) is 4.98 Å². The number of hydrogen-bond acceptors (Lipinski definition) is 5. The number of rotatable bonds is 5. The molecular weight excluding hydrogens is 184 g/mol. The molecule has 0 aliphatic carbocycles. The van der Waals surface area contributed by atoms with Crippen molar-refractivity contribution in [3.05, 3.63) is 12.2 Å². The van der Waals surface area contributed by atoms with Gasteiger partial charge in [-0.1, -0.05) is 0 Å². The second-order valence-electron chi connectivity index (χ2n) is 3.01. The molecule has 0 bridgehead atoms. The Balaban J connectivity index is 2.56. The lowest BCUT2D eigenvalue weighted by Crippen LogP contribution is -2.39. The zero-order valence-corrected chi connectivity index (χ0v) is 8.67. The highest BCUT2D eigenvalue weighted by Crippen LogP contribution is 2.03. The van der Waals surface area contributed by atoms with E-state index < -0.39 is 6.29 Å². The fourth-order valence-corrected chi connectivity index (χ4v) is 1.26. The molecule has 0 radical (unpaired) electrons. The summed E-state index contributed by atoms with van der Waals surface area (Å²) < 4.78 is 11.8. The highest BCUT2D eigenvalue weighted by atomic mass is 16.7. The van der Waals surface area contributed by atoms with Crippen LogP contribution in [0.25, 0.3) is 0 Å². The summed E-state index contributed by atoms with van der Waals surface area (Å²) in [6, 6.07) is -0.243. The normalized spacial score (nSPS) is 13.5. The van der Waals surface area contributed by atoms with Crippen LogP contribution >= 0.6 is 0 Å². The van der Waals surface area contributed by atoms with Gasteiger partial charge < -0.3 is 15.2 Å². The van der Waals surface area contributed by atoms with Crippen molar-refractivity contribution in [3.63, 3.8) is 0 Å².